The van der Waals surface area contributed by atoms with Gasteiger partial charge in [0.2, 0.25) is 5.91 Å². The first kappa shape index (κ1) is 25.1. The van der Waals surface area contributed by atoms with Gasteiger partial charge in [-0.2, -0.15) is 0 Å². The molecule has 34 heavy (non-hydrogen) atoms. The Labute approximate surface area is 201 Å². The fourth-order valence-electron chi connectivity index (χ4n) is 3.89. The van der Waals surface area contributed by atoms with Gasteiger partial charge in [-0.1, -0.05) is 30.3 Å². The van der Waals surface area contributed by atoms with Crippen LogP contribution < -0.4 is 22.1 Å². The predicted molar refractivity (Wildman–Crippen MR) is 138 cm³/mol. The Hall–Kier alpha value is -3.48. The molecule has 6 N–H and O–H groups in total. The molecule has 0 atom stereocenters. The zero-order valence-corrected chi connectivity index (χ0v) is 19.6. The third-order valence-electron chi connectivity index (χ3n) is 5.83. The Morgan fingerprint density at radius 3 is 1.56 bits per heavy atom. The highest BCUT2D eigenvalue weighted by atomic mass is 16.2. The van der Waals surface area contributed by atoms with Crippen LogP contribution in [0.2, 0.25) is 0 Å². The third kappa shape index (κ3) is 6.76. The van der Waals surface area contributed by atoms with Crippen molar-refractivity contribution in [3.8, 4) is 0 Å². The number of aryl methyl sites for hydroxylation is 2. The number of carbonyl (C=O) groups excluding carboxylic acids is 2. The molecule has 0 radical (unpaired) electrons. The molecule has 3 aromatic carbocycles. The van der Waals surface area contributed by atoms with Crippen LogP contribution in [0.25, 0.3) is 0 Å². The zero-order valence-electron chi connectivity index (χ0n) is 19.6. The summed E-state index contributed by atoms with van der Waals surface area (Å²) in [4.78, 5) is 27.0. The summed E-state index contributed by atoms with van der Waals surface area (Å²) in [6, 6.07) is 22.6. The lowest BCUT2D eigenvalue weighted by Crippen LogP contribution is -2.26. The molecule has 0 unspecified atom stereocenters. The number of nitrogens with zero attached hydrogens (tertiary/aromatic N) is 1. The number of amides is 2. The number of carbonyl (C=O) groups is 2. The maximum Gasteiger partial charge on any atom is 0.262 e. The molecule has 0 aliphatic heterocycles. The highest BCUT2D eigenvalue weighted by Crippen LogP contribution is 2.29. The van der Waals surface area contributed by atoms with Gasteiger partial charge in [0.15, 0.2) is 0 Å². The van der Waals surface area contributed by atoms with Crippen LogP contribution in [-0.2, 0) is 12.8 Å². The summed E-state index contributed by atoms with van der Waals surface area (Å²) < 4.78 is 0. The number of benzene rings is 3. The smallest absolute Gasteiger partial charge is 0.262 e. The standard InChI is InChI=1S/C28H34N4O2/c29-18-3-1-6-21-10-14-25(15-11-21)32(26-16-12-22(13-17-26)7-2-4-19-30)28(34)24-9-5-8-23(20-24)27(31)33/h5,8-17,20H,1-4,6-7,18-19,29-30H2,(H2,31,33). The number of anilines is 2. The topological polar surface area (TPSA) is 115 Å². The lowest BCUT2D eigenvalue weighted by molar-refractivity contribution is 0.0998. The highest BCUT2D eigenvalue weighted by molar-refractivity contribution is 6.11. The Bertz CT molecular complexity index is 1020. The van der Waals surface area contributed by atoms with Crippen molar-refractivity contribution in [2.45, 2.75) is 38.5 Å². The lowest BCUT2D eigenvalue weighted by Gasteiger charge is -2.24. The number of hydrogen-bond donors (Lipinski definition) is 3. The molecule has 0 aliphatic carbocycles. The minimum absolute atomic E-state index is 0.227. The fourth-order valence-corrected chi connectivity index (χ4v) is 3.89. The van der Waals surface area contributed by atoms with Crippen LogP contribution >= 0.6 is 0 Å². The molecule has 0 saturated heterocycles. The van der Waals surface area contributed by atoms with Crippen molar-refractivity contribution < 1.29 is 9.59 Å². The van der Waals surface area contributed by atoms with E-state index in [-0.39, 0.29) is 5.91 Å². The van der Waals surface area contributed by atoms with Crippen LogP contribution in [0.5, 0.6) is 0 Å². The number of rotatable bonds is 12. The molecule has 6 nitrogen and oxygen atoms in total. The van der Waals surface area contributed by atoms with Crippen molar-refractivity contribution in [2.75, 3.05) is 18.0 Å². The normalized spacial score (nSPS) is 10.8. The molecule has 0 bridgehead atoms. The van der Waals surface area contributed by atoms with E-state index in [9.17, 15) is 9.59 Å². The van der Waals surface area contributed by atoms with Crippen molar-refractivity contribution in [3.05, 3.63) is 95.1 Å². The minimum Gasteiger partial charge on any atom is -0.366 e. The van der Waals surface area contributed by atoms with Gasteiger partial charge in [-0.25, -0.2) is 0 Å². The van der Waals surface area contributed by atoms with Crippen LogP contribution in [0.3, 0.4) is 0 Å². The second-order valence-corrected chi connectivity index (χ2v) is 8.41. The lowest BCUT2D eigenvalue weighted by atomic mass is 10.0. The summed E-state index contributed by atoms with van der Waals surface area (Å²) >= 11 is 0. The fraction of sp³-hybridized carbons (Fsp3) is 0.286. The monoisotopic (exact) mass is 458 g/mol. The zero-order chi connectivity index (χ0) is 24.3. The molecule has 0 aliphatic rings. The van der Waals surface area contributed by atoms with Gasteiger partial charge in [-0.3, -0.25) is 14.5 Å². The van der Waals surface area contributed by atoms with Gasteiger partial charge >= 0.3 is 0 Å². The van der Waals surface area contributed by atoms with Gasteiger partial charge in [-0.05, 0) is 105 Å². The quantitative estimate of drug-likeness (QED) is 0.350. The van der Waals surface area contributed by atoms with Crippen molar-refractivity contribution >= 4 is 23.2 Å². The van der Waals surface area contributed by atoms with Gasteiger partial charge in [0.05, 0.1) is 0 Å². The van der Waals surface area contributed by atoms with Crippen LogP contribution in [-0.4, -0.2) is 24.9 Å². The summed E-state index contributed by atoms with van der Waals surface area (Å²) in [7, 11) is 0. The van der Waals surface area contributed by atoms with Crippen LogP contribution in [0.4, 0.5) is 11.4 Å². The second-order valence-electron chi connectivity index (χ2n) is 8.41. The molecule has 0 aromatic heterocycles. The number of hydrogen-bond acceptors (Lipinski definition) is 4. The molecule has 3 aromatic rings. The Kier molecular flexibility index (Phi) is 9.38. The third-order valence-corrected chi connectivity index (χ3v) is 5.83. The van der Waals surface area contributed by atoms with E-state index in [1.807, 2.05) is 48.5 Å². The first-order valence-corrected chi connectivity index (χ1v) is 11.9. The Balaban J connectivity index is 1.92. The van der Waals surface area contributed by atoms with Gasteiger partial charge in [0.1, 0.15) is 0 Å². The van der Waals surface area contributed by atoms with Crippen molar-refractivity contribution in [2.24, 2.45) is 17.2 Å². The second kappa shape index (κ2) is 12.7. The van der Waals surface area contributed by atoms with Crippen molar-refractivity contribution in [1.29, 1.82) is 0 Å². The van der Waals surface area contributed by atoms with E-state index in [1.54, 1.807) is 29.2 Å². The summed E-state index contributed by atoms with van der Waals surface area (Å²) in [6.07, 6.45) is 5.93. The van der Waals surface area contributed by atoms with E-state index >= 15 is 0 Å². The van der Waals surface area contributed by atoms with Crippen molar-refractivity contribution in [1.82, 2.24) is 0 Å². The summed E-state index contributed by atoms with van der Waals surface area (Å²) in [5.74, 6) is -0.792. The molecule has 0 fully saturated rings. The van der Waals surface area contributed by atoms with Gasteiger partial charge in [0.25, 0.3) is 5.91 Å². The van der Waals surface area contributed by atoms with E-state index < -0.39 is 5.91 Å². The molecule has 3 rings (SSSR count). The summed E-state index contributed by atoms with van der Waals surface area (Å²) in [5, 5.41) is 0. The van der Waals surface area contributed by atoms with E-state index in [0.29, 0.717) is 24.2 Å². The van der Waals surface area contributed by atoms with Crippen LogP contribution in [0, 0.1) is 0 Å². The largest absolute Gasteiger partial charge is 0.366 e. The Morgan fingerprint density at radius 1 is 0.647 bits per heavy atom. The molecule has 6 heteroatoms. The SMILES string of the molecule is NCCCCc1ccc(N(C(=O)c2cccc(C(N)=O)c2)c2ccc(CCCCN)cc2)cc1. The van der Waals surface area contributed by atoms with Crippen LogP contribution in [0.15, 0.2) is 72.8 Å². The maximum atomic E-state index is 13.7. The average molecular weight is 459 g/mol. The van der Waals surface area contributed by atoms with Gasteiger partial charge in [0, 0.05) is 22.5 Å². The maximum absolute atomic E-state index is 13.7. The first-order chi connectivity index (χ1) is 16.5. The van der Waals surface area contributed by atoms with Gasteiger partial charge < -0.3 is 17.2 Å². The van der Waals surface area contributed by atoms with E-state index in [0.717, 1.165) is 49.9 Å². The summed E-state index contributed by atoms with van der Waals surface area (Å²) in [5.41, 5.74) is 21.3. The molecule has 2 amide bonds. The molecule has 0 spiro atoms. The average Bonchev–Trinajstić information content (AvgIpc) is 2.86. The molecular weight excluding hydrogens is 424 g/mol. The number of primary amides is 1. The Morgan fingerprint density at radius 2 is 1.12 bits per heavy atom. The highest BCUT2D eigenvalue weighted by Gasteiger charge is 2.21. The van der Waals surface area contributed by atoms with Crippen LogP contribution in [0.1, 0.15) is 57.5 Å². The minimum atomic E-state index is -0.565. The molecule has 178 valence electrons. The number of nitrogens with two attached hydrogens (primary N) is 3. The van der Waals surface area contributed by atoms with Crippen molar-refractivity contribution in [3.63, 3.8) is 0 Å². The summed E-state index contributed by atoms with van der Waals surface area (Å²) in [6.45, 7) is 1.37. The van der Waals surface area contributed by atoms with Gasteiger partial charge in [-0.15, -0.1) is 0 Å². The molecule has 0 saturated carbocycles. The molecule has 0 heterocycles. The predicted octanol–water partition coefficient (Wildman–Crippen LogP) is 4.33. The van der Waals surface area contributed by atoms with E-state index in [1.165, 1.54) is 11.1 Å². The number of unbranched alkanes of at least 4 members (excludes halogenated alkanes) is 2. The first-order valence-electron chi connectivity index (χ1n) is 11.9. The van der Waals surface area contributed by atoms with E-state index in [2.05, 4.69) is 0 Å². The molecular formula is C28H34N4O2. The van der Waals surface area contributed by atoms with E-state index in [4.69, 9.17) is 17.2 Å².